The highest BCUT2D eigenvalue weighted by atomic mass is 16.3. The van der Waals surface area contributed by atoms with E-state index in [1.165, 1.54) is 5.56 Å². The number of phenolic OH excluding ortho intramolecular Hbond substituents is 2. The first-order chi connectivity index (χ1) is 16.1. The lowest BCUT2D eigenvalue weighted by atomic mass is 9.89. The fourth-order valence-corrected chi connectivity index (χ4v) is 4.54. The standard InChI is InChI=1S/C26H27N5O2/c32-23-8-6-20(7-9-23)25-5-2-12-27-26(25)18-31-17-22(28-29-31)16-30-13-10-19(11-14-30)21-3-1-4-24(33)15-21/h1-9,12,15,17,19,32-33H,10-11,13-14,16,18H2. The first-order valence-electron chi connectivity index (χ1n) is 11.3. The molecule has 1 saturated heterocycles. The van der Waals surface area contributed by atoms with Crippen LogP contribution >= 0.6 is 0 Å². The predicted octanol–water partition coefficient (Wildman–Crippen LogP) is 4.18. The first-order valence-corrected chi connectivity index (χ1v) is 11.3. The molecule has 2 aromatic heterocycles. The molecular formula is C26H27N5O2. The molecule has 4 aromatic rings. The van der Waals surface area contributed by atoms with Crippen LogP contribution in [0.25, 0.3) is 11.1 Å². The monoisotopic (exact) mass is 441 g/mol. The van der Waals surface area contributed by atoms with Gasteiger partial charge in [0.15, 0.2) is 0 Å². The van der Waals surface area contributed by atoms with Crippen LogP contribution in [-0.2, 0) is 13.1 Å². The minimum atomic E-state index is 0.246. The topological polar surface area (TPSA) is 87.3 Å². The molecule has 5 rings (SSSR count). The lowest BCUT2D eigenvalue weighted by Crippen LogP contribution is -2.32. The van der Waals surface area contributed by atoms with Gasteiger partial charge >= 0.3 is 0 Å². The Balaban J connectivity index is 1.21. The number of aromatic hydroxyl groups is 2. The molecule has 168 valence electrons. The van der Waals surface area contributed by atoms with Crippen LogP contribution in [0.3, 0.4) is 0 Å². The van der Waals surface area contributed by atoms with Gasteiger partial charge in [-0.3, -0.25) is 9.88 Å². The minimum absolute atomic E-state index is 0.246. The van der Waals surface area contributed by atoms with Crippen molar-refractivity contribution in [2.45, 2.75) is 31.8 Å². The maximum absolute atomic E-state index is 9.75. The average molecular weight is 442 g/mol. The van der Waals surface area contributed by atoms with E-state index in [1.54, 1.807) is 24.4 Å². The van der Waals surface area contributed by atoms with Gasteiger partial charge in [0.1, 0.15) is 11.5 Å². The molecule has 7 heteroatoms. The summed E-state index contributed by atoms with van der Waals surface area (Å²) in [6, 6.07) is 18.7. The zero-order valence-corrected chi connectivity index (χ0v) is 18.4. The zero-order chi connectivity index (χ0) is 22.6. The van der Waals surface area contributed by atoms with Crippen molar-refractivity contribution in [1.29, 1.82) is 0 Å². The van der Waals surface area contributed by atoms with Gasteiger partial charge in [0.05, 0.1) is 24.1 Å². The maximum Gasteiger partial charge on any atom is 0.115 e. The Morgan fingerprint density at radius 1 is 0.879 bits per heavy atom. The molecule has 33 heavy (non-hydrogen) atoms. The van der Waals surface area contributed by atoms with Crippen LogP contribution in [-0.4, -0.2) is 48.2 Å². The molecule has 0 unspecified atom stereocenters. The van der Waals surface area contributed by atoms with E-state index in [2.05, 4.69) is 26.3 Å². The molecule has 3 heterocycles. The number of rotatable bonds is 6. The summed E-state index contributed by atoms with van der Waals surface area (Å²) in [5.74, 6) is 1.08. The van der Waals surface area contributed by atoms with E-state index in [1.807, 2.05) is 47.3 Å². The van der Waals surface area contributed by atoms with Gasteiger partial charge in [-0.05, 0) is 73.3 Å². The Morgan fingerprint density at radius 2 is 1.70 bits per heavy atom. The Bertz CT molecular complexity index is 1210. The Hall–Kier alpha value is -3.71. The lowest BCUT2D eigenvalue weighted by molar-refractivity contribution is 0.202. The third kappa shape index (κ3) is 5.04. The summed E-state index contributed by atoms with van der Waals surface area (Å²) in [6.07, 6.45) is 5.92. The van der Waals surface area contributed by atoms with Crippen LogP contribution in [0.2, 0.25) is 0 Å². The highest BCUT2D eigenvalue weighted by Crippen LogP contribution is 2.30. The third-order valence-corrected chi connectivity index (χ3v) is 6.28. The van der Waals surface area contributed by atoms with Crippen molar-refractivity contribution in [3.05, 3.63) is 90.0 Å². The number of phenols is 2. The zero-order valence-electron chi connectivity index (χ0n) is 18.4. The van der Waals surface area contributed by atoms with Crippen molar-refractivity contribution in [2.75, 3.05) is 13.1 Å². The molecular weight excluding hydrogens is 414 g/mol. The van der Waals surface area contributed by atoms with Gasteiger partial charge in [0.25, 0.3) is 0 Å². The fraction of sp³-hybridized carbons (Fsp3) is 0.269. The molecule has 7 nitrogen and oxygen atoms in total. The molecule has 0 radical (unpaired) electrons. The smallest absolute Gasteiger partial charge is 0.115 e. The van der Waals surface area contributed by atoms with Crippen molar-refractivity contribution in [3.8, 4) is 22.6 Å². The van der Waals surface area contributed by atoms with Crippen molar-refractivity contribution in [3.63, 3.8) is 0 Å². The molecule has 0 aliphatic carbocycles. The summed E-state index contributed by atoms with van der Waals surface area (Å²) in [6.45, 7) is 3.31. The van der Waals surface area contributed by atoms with Gasteiger partial charge in [0.2, 0.25) is 0 Å². The number of pyridine rings is 1. The number of hydrogen-bond donors (Lipinski definition) is 2. The van der Waals surface area contributed by atoms with Crippen LogP contribution in [0, 0.1) is 0 Å². The molecule has 0 atom stereocenters. The molecule has 0 spiro atoms. The molecule has 0 bridgehead atoms. The summed E-state index contributed by atoms with van der Waals surface area (Å²) in [5, 5.41) is 28.0. The maximum atomic E-state index is 9.75. The molecule has 2 aromatic carbocycles. The van der Waals surface area contributed by atoms with Crippen LogP contribution in [0.5, 0.6) is 11.5 Å². The second-order valence-electron chi connectivity index (χ2n) is 8.60. The summed E-state index contributed by atoms with van der Waals surface area (Å²) in [5.41, 5.74) is 5.11. The average Bonchev–Trinajstić information content (AvgIpc) is 3.27. The molecule has 1 aliphatic heterocycles. The van der Waals surface area contributed by atoms with Gasteiger partial charge in [-0.1, -0.05) is 35.5 Å². The SMILES string of the molecule is Oc1ccc(-c2cccnc2Cn2cc(CN3CCC(c4cccc(O)c4)CC3)nn2)cc1. The third-order valence-electron chi connectivity index (χ3n) is 6.28. The van der Waals surface area contributed by atoms with Crippen LogP contribution in [0.1, 0.15) is 35.7 Å². The normalized spacial score (nSPS) is 15.0. The molecule has 1 aliphatic rings. The van der Waals surface area contributed by atoms with Gasteiger partial charge in [-0.2, -0.15) is 0 Å². The number of nitrogens with zero attached hydrogens (tertiary/aromatic N) is 5. The number of likely N-dealkylation sites (tertiary alicyclic amines) is 1. The second kappa shape index (κ2) is 9.42. The molecule has 0 saturated carbocycles. The van der Waals surface area contributed by atoms with E-state index in [4.69, 9.17) is 0 Å². The van der Waals surface area contributed by atoms with Crippen molar-refractivity contribution < 1.29 is 10.2 Å². The quantitative estimate of drug-likeness (QED) is 0.467. The molecule has 1 fully saturated rings. The predicted molar refractivity (Wildman–Crippen MR) is 126 cm³/mol. The summed E-state index contributed by atoms with van der Waals surface area (Å²) >= 11 is 0. The number of aromatic nitrogens is 4. The molecule has 0 amide bonds. The Kier molecular flexibility index (Phi) is 6.04. The van der Waals surface area contributed by atoms with Gasteiger partial charge in [0, 0.05) is 18.3 Å². The fourth-order valence-electron chi connectivity index (χ4n) is 4.54. The Labute approximate surface area is 193 Å². The molecule has 2 N–H and O–H groups in total. The van der Waals surface area contributed by atoms with Crippen molar-refractivity contribution >= 4 is 0 Å². The summed E-state index contributed by atoms with van der Waals surface area (Å²) in [4.78, 5) is 6.97. The van der Waals surface area contributed by atoms with E-state index >= 15 is 0 Å². The van der Waals surface area contributed by atoms with Crippen LogP contribution in [0.4, 0.5) is 0 Å². The number of benzene rings is 2. The van der Waals surface area contributed by atoms with Gasteiger partial charge in [-0.15, -0.1) is 5.10 Å². The van der Waals surface area contributed by atoms with Crippen molar-refractivity contribution in [2.24, 2.45) is 0 Å². The van der Waals surface area contributed by atoms with E-state index in [-0.39, 0.29) is 5.75 Å². The Morgan fingerprint density at radius 3 is 2.48 bits per heavy atom. The number of hydrogen-bond acceptors (Lipinski definition) is 6. The highest BCUT2D eigenvalue weighted by Gasteiger charge is 2.21. The highest BCUT2D eigenvalue weighted by molar-refractivity contribution is 5.66. The largest absolute Gasteiger partial charge is 0.508 e. The van der Waals surface area contributed by atoms with E-state index in [0.29, 0.717) is 18.2 Å². The minimum Gasteiger partial charge on any atom is -0.508 e. The van der Waals surface area contributed by atoms with Gasteiger partial charge < -0.3 is 10.2 Å². The summed E-state index contributed by atoms with van der Waals surface area (Å²) in [7, 11) is 0. The lowest BCUT2D eigenvalue weighted by Gasteiger charge is -2.31. The van der Waals surface area contributed by atoms with Crippen molar-refractivity contribution in [1.82, 2.24) is 24.9 Å². The number of piperidine rings is 1. The van der Waals surface area contributed by atoms with E-state index in [0.717, 1.165) is 55.0 Å². The van der Waals surface area contributed by atoms with E-state index in [9.17, 15) is 10.2 Å². The van der Waals surface area contributed by atoms with Gasteiger partial charge in [-0.25, -0.2) is 4.68 Å². The van der Waals surface area contributed by atoms with Crippen LogP contribution in [0.15, 0.2) is 73.1 Å². The first kappa shape index (κ1) is 21.2. The van der Waals surface area contributed by atoms with E-state index < -0.39 is 0 Å². The summed E-state index contributed by atoms with van der Waals surface area (Å²) < 4.78 is 1.83. The van der Waals surface area contributed by atoms with Crippen LogP contribution < -0.4 is 0 Å². The second-order valence-corrected chi connectivity index (χ2v) is 8.60.